The van der Waals surface area contributed by atoms with Crippen LogP contribution in [0.2, 0.25) is 0 Å². The maximum Gasteiger partial charge on any atom is 0.306 e. The van der Waals surface area contributed by atoms with Gasteiger partial charge >= 0.3 is 5.97 Å². The molecule has 2 N–H and O–H groups in total. The zero-order valence-corrected chi connectivity index (χ0v) is 10.7. The number of esters is 1. The summed E-state index contributed by atoms with van der Waals surface area (Å²) in [5, 5.41) is 8.93. The first-order chi connectivity index (χ1) is 8.46. The Balaban J connectivity index is 2.67. The average molecular weight is 273 g/mol. The Kier molecular flexibility index (Phi) is 5.11. The number of hydrogen-bond acceptors (Lipinski definition) is 5. The van der Waals surface area contributed by atoms with Crippen molar-refractivity contribution in [2.24, 2.45) is 0 Å². The summed E-state index contributed by atoms with van der Waals surface area (Å²) >= 11 is 0. The number of sulfonamides is 1. The van der Waals surface area contributed by atoms with E-state index in [0.29, 0.717) is 11.3 Å². The van der Waals surface area contributed by atoms with Crippen LogP contribution in [0.25, 0.3) is 0 Å². The fourth-order valence-corrected chi connectivity index (χ4v) is 2.31. The van der Waals surface area contributed by atoms with E-state index in [4.69, 9.17) is 5.11 Å². The Labute approximate surface area is 106 Å². The number of rotatable bonds is 6. The first-order valence-electron chi connectivity index (χ1n) is 5.24. The predicted octanol–water partition coefficient (Wildman–Crippen LogP) is 0.484. The number of nitrogens with one attached hydrogen (secondary N) is 1. The Morgan fingerprint density at radius 3 is 2.78 bits per heavy atom. The zero-order chi connectivity index (χ0) is 13.6. The zero-order valence-electron chi connectivity index (χ0n) is 9.92. The molecule has 0 heterocycles. The van der Waals surface area contributed by atoms with Crippen molar-refractivity contribution in [3.8, 4) is 0 Å². The number of ether oxygens (including phenoxy) is 1. The highest BCUT2D eigenvalue weighted by Gasteiger charge is 2.13. The van der Waals surface area contributed by atoms with Crippen LogP contribution >= 0.6 is 0 Å². The number of hydrogen-bond donors (Lipinski definition) is 2. The smallest absolute Gasteiger partial charge is 0.306 e. The Morgan fingerprint density at radius 2 is 2.17 bits per heavy atom. The van der Waals surface area contributed by atoms with Gasteiger partial charge in [-0.2, -0.15) is 0 Å². The number of methoxy groups -OCH3 is 1. The van der Waals surface area contributed by atoms with Gasteiger partial charge in [0.1, 0.15) is 0 Å². The fraction of sp³-hybridized carbons (Fsp3) is 0.364. The third-order valence-electron chi connectivity index (χ3n) is 2.19. The number of anilines is 1. The predicted molar refractivity (Wildman–Crippen MR) is 66.4 cm³/mol. The second-order valence-electron chi connectivity index (χ2n) is 3.61. The molecule has 0 radical (unpaired) electrons. The lowest BCUT2D eigenvalue weighted by Crippen LogP contribution is -2.19. The minimum absolute atomic E-state index is 0.169. The standard InChI is InChI=1S/C11H15NO5S/c1-17-11(14)5-6-18(15,16)12-10-4-2-3-9(7-10)8-13/h2-4,7,12-13H,5-6,8H2,1H3. The third-order valence-corrected chi connectivity index (χ3v) is 3.47. The van der Waals surface area contributed by atoms with Crippen LogP contribution in [0, 0.1) is 0 Å². The molecule has 0 aliphatic carbocycles. The molecule has 6 nitrogen and oxygen atoms in total. The maximum absolute atomic E-state index is 11.6. The monoisotopic (exact) mass is 273 g/mol. The molecule has 0 spiro atoms. The molecule has 1 aromatic carbocycles. The van der Waals surface area contributed by atoms with Gasteiger partial charge in [-0.1, -0.05) is 12.1 Å². The summed E-state index contributed by atoms with van der Waals surface area (Å²) in [7, 11) is -2.40. The second-order valence-corrected chi connectivity index (χ2v) is 5.45. The molecule has 1 rings (SSSR count). The third kappa shape index (κ3) is 4.72. The second kappa shape index (κ2) is 6.36. The van der Waals surface area contributed by atoms with Crippen LogP contribution in [0.3, 0.4) is 0 Å². The molecular formula is C11H15NO5S. The molecule has 0 fully saturated rings. The van der Waals surface area contributed by atoms with Crippen molar-refractivity contribution in [2.75, 3.05) is 17.6 Å². The van der Waals surface area contributed by atoms with E-state index in [1.54, 1.807) is 18.2 Å². The van der Waals surface area contributed by atoms with Crippen molar-refractivity contribution in [3.63, 3.8) is 0 Å². The van der Waals surface area contributed by atoms with E-state index in [2.05, 4.69) is 9.46 Å². The molecule has 0 aliphatic heterocycles. The van der Waals surface area contributed by atoms with Gasteiger partial charge in [-0.25, -0.2) is 8.42 Å². The molecular weight excluding hydrogens is 258 g/mol. The topological polar surface area (TPSA) is 92.7 Å². The molecule has 0 aromatic heterocycles. The number of carbonyl (C=O) groups excluding carboxylic acids is 1. The summed E-state index contributed by atoms with van der Waals surface area (Å²) in [5.41, 5.74) is 0.953. The maximum atomic E-state index is 11.6. The molecule has 100 valence electrons. The lowest BCUT2D eigenvalue weighted by molar-refractivity contribution is -0.140. The van der Waals surface area contributed by atoms with Crippen LogP contribution in [-0.2, 0) is 26.2 Å². The SMILES string of the molecule is COC(=O)CCS(=O)(=O)Nc1cccc(CO)c1. The highest BCUT2D eigenvalue weighted by molar-refractivity contribution is 7.92. The average Bonchev–Trinajstić information content (AvgIpc) is 2.35. The van der Waals surface area contributed by atoms with Gasteiger partial charge in [-0.15, -0.1) is 0 Å². The van der Waals surface area contributed by atoms with Crippen molar-refractivity contribution in [2.45, 2.75) is 13.0 Å². The number of carbonyl (C=O) groups is 1. The summed E-state index contributed by atoms with van der Waals surface area (Å²) in [6.07, 6.45) is -0.203. The molecule has 0 aliphatic rings. The molecule has 0 unspecified atom stereocenters. The number of benzene rings is 1. The molecule has 18 heavy (non-hydrogen) atoms. The van der Waals surface area contributed by atoms with Crippen LogP contribution in [-0.4, -0.2) is 32.4 Å². The molecule has 0 saturated heterocycles. The van der Waals surface area contributed by atoms with Crippen LogP contribution in [0.5, 0.6) is 0 Å². The highest BCUT2D eigenvalue weighted by Crippen LogP contribution is 2.12. The normalized spacial score (nSPS) is 11.0. The van der Waals surface area contributed by atoms with Crippen LogP contribution < -0.4 is 4.72 Å². The van der Waals surface area contributed by atoms with Gasteiger partial charge in [-0.05, 0) is 17.7 Å². The van der Waals surface area contributed by atoms with Crippen molar-refractivity contribution in [3.05, 3.63) is 29.8 Å². The van der Waals surface area contributed by atoms with Crippen LogP contribution in [0.4, 0.5) is 5.69 Å². The highest BCUT2D eigenvalue weighted by atomic mass is 32.2. The summed E-state index contributed by atoms with van der Waals surface area (Å²) in [4.78, 5) is 10.9. The van der Waals surface area contributed by atoms with Crippen molar-refractivity contribution < 1.29 is 23.1 Å². The first kappa shape index (κ1) is 14.5. The van der Waals surface area contributed by atoms with Gasteiger partial charge in [0.15, 0.2) is 0 Å². The van der Waals surface area contributed by atoms with Crippen molar-refractivity contribution >= 4 is 21.7 Å². The van der Waals surface area contributed by atoms with E-state index in [1.807, 2.05) is 0 Å². The van der Waals surface area contributed by atoms with Gasteiger partial charge in [0.05, 0.1) is 25.9 Å². The van der Waals surface area contributed by atoms with Gasteiger partial charge < -0.3 is 9.84 Å². The van der Waals surface area contributed by atoms with E-state index in [0.717, 1.165) is 0 Å². The quantitative estimate of drug-likeness (QED) is 0.736. The molecule has 0 amide bonds. The van der Waals surface area contributed by atoms with E-state index in [9.17, 15) is 13.2 Å². The van der Waals surface area contributed by atoms with Crippen LogP contribution in [0.15, 0.2) is 24.3 Å². The Bertz CT molecular complexity index is 512. The number of aliphatic hydroxyl groups excluding tert-OH is 1. The van der Waals surface area contributed by atoms with Gasteiger partial charge in [-0.3, -0.25) is 9.52 Å². The van der Waals surface area contributed by atoms with E-state index < -0.39 is 16.0 Å². The first-order valence-corrected chi connectivity index (χ1v) is 6.89. The molecule has 1 aromatic rings. The molecule has 0 atom stereocenters. The fourth-order valence-electron chi connectivity index (χ4n) is 1.28. The summed E-state index contributed by atoms with van der Waals surface area (Å²) < 4.78 is 30.0. The van der Waals surface area contributed by atoms with E-state index in [-0.39, 0.29) is 18.8 Å². The summed E-state index contributed by atoms with van der Waals surface area (Å²) in [6.45, 7) is -0.169. The Hall–Kier alpha value is -1.60. The van der Waals surface area contributed by atoms with Gasteiger partial charge in [0.25, 0.3) is 0 Å². The lowest BCUT2D eigenvalue weighted by atomic mass is 10.2. The minimum atomic E-state index is -3.60. The lowest BCUT2D eigenvalue weighted by Gasteiger charge is -2.08. The summed E-state index contributed by atoms with van der Waals surface area (Å²) in [6, 6.07) is 6.39. The summed E-state index contributed by atoms with van der Waals surface area (Å²) in [5.74, 6) is -0.923. The van der Waals surface area contributed by atoms with Gasteiger partial charge in [0, 0.05) is 5.69 Å². The van der Waals surface area contributed by atoms with Gasteiger partial charge in [0.2, 0.25) is 10.0 Å². The largest absolute Gasteiger partial charge is 0.469 e. The Morgan fingerprint density at radius 1 is 1.44 bits per heavy atom. The van der Waals surface area contributed by atoms with Crippen molar-refractivity contribution in [1.29, 1.82) is 0 Å². The molecule has 7 heteroatoms. The molecule has 0 bridgehead atoms. The van der Waals surface area contributed by atoms with Crippen LogP contribution in [0.1, 0.15) is 12.0 Å². The van der Waals surface area contributed by atoms with E-state index >= 15 is 0 Å². The van der Waals surface area contributed by atoms with Crippen molar-refractivity contribution in [1.82, 2.24) is 0 Å². The van der Waals surface area contributed by atoms with E-state index in [1.165, 1.54) is 13.2 Å². The number of aliphatic hydroxyl groups is 1. The molecule has 0 saturated carbocycles. The minimum Gasteiger partial charge on any atom is -0.469 e.